The molecule has 0 fully saturated rings. The highest BCUT2D eigenvalue weighted by molar-refractivity contribution is 7.89. The molecule has 2 rings (SSSR count). The minimum Gasteiger partial charge on any atom is -0.271 e. The zero-order valence-electron chi connectivity index (χ0n) is 11.9. The molecule has 24 heavy (non-hydrogen) atoms. The Labute approximate surface area is 134 Å². The van der Waals surface area contributed by atoms with Crippen molar-refractivity contribution in [3.05, 3.63) is 52.3 Å². The zero-order chi connectivity index (χ0) is 18.0. The molecular weight excluding hydrogens is 353 g/mol. The Morgan fingerprint density at radius 1 is 1.25 bits per heavy atom. The van der Waals surface area contributed by atoms with Crippen molar-refractivity contribution >= 4 is 15.7 Å². The summed E-state index contributed by atoms with van der Waals surface area (Å²) < 4.78 is 64.4. The van der Waals surface area contributed by atoms with E-state index in [1.165, 1.54) is 12.1 Å². The lowest BCUT2D eigenvalue weighted by Gasteiger charge is -2.07. The lowest BCUT2D eigenvalue weighted by atomic mass is 10.3. The lowest BCUT2D eigenvalue weighted by Crippen LogP contribution is -2.28. The Balaban J connectivity index is 2.06. The van der Waals surface area contributed by atoms with Crippen molar-refractivity contribution in [1.82, 2.24) is 14.5 Å². The summed E-state index contributed by atoms with van der Waals surface area (Å²) in [4.78, 5) is 9.50. The Bertz CT molecular complexity index is 848. The topological polar surface area (TPSA) is 107 Å². The predicted octanol–water partition coefficient (Wildman–Crippen LogP) is 1.79. The average Bonchev–Trinajstić information content (AvgIpc) is 2.96. The average molecular weight is 364 g/mol. The summed E-state index contributed by atoms with van der Waals surface area (Å²) in [6.45, 7) is -0.455. The van der Waals surface area contributed by atoms with Crippen LogP contribution in [0.1, 0.15) is 5.69 Å². The molecule has 0 radical (unpaired) electrons. The van der Waals surface area contributed by atoms with Gasteiger partial charge in [-0.2, -0.15) is 18.3 Å². The number of rotatable bonds is 6. The maximum absolute atomic E-state index is 12.4. The minimum absolute atomic E-state index is 0.171. The van der Waals surface area contributed by atoms with Gasteiger partial charge in [0.05, 0.1) is 11.5 Å². The number of sulfonamides is 1. The third-order valence-electron chi connectivity index (χ3n) is 2.92. The van der Waals surface area contributed by atoms with Gasteiger partial charge in [0.2, 0.25) is 10.0 Å². The largest absolute Gasteiger partial charge is 0.435 e. The van der Waals surface area contributed by atoms with Gasteiger partial charge in [-0.3, -0.25) is 14.8 Å². The molecule has 1 N–H and O–H groups in total. The van der Waals surface area contributed by atoms with Gasteiger partial charge in [0.25, 0.3) is 5.69 Å². The molecule has 0 amide bonds. The molecule has 0 atom stereocenters. The van der Waals surface area contributed by atoms with Crippen LogP contribution in [-0.2, 0) is 22.7 Å². The second-order valence-corrected chi connectivity index (χ2v) is 6.32. The van der Waals surface area contributed by atoms with Crippen molar-refractivity contribution in [3.63, 3.8) is 0 Å². The third-order valence-corrected chi connectivity index (χ3v) is 4.42. The first-order valence-corrected chi connectivity index (χ1v) is 7.93. The van der Waals surface area contributed by atoms with E-state index in [4.69, 9.17) is 0 Å². The quantitative estimate of drug-likeness (QED) is 0.621. The normalized spacial score (nSPS) is 12.3. The summed E-state index contributed by atoms with van der Waals surface area (Å²) in [7, 11) is -4.18. The molecule has 12 heteroatoms. The third kappa shape index (κ3) is 4.08. The second kappa shape index (κ2) is 6.57. The van der Waals surface area contributed by atoms with Crippen molar-refractivity contribution in [2.24, 2.45) is 0 Å². The molecule has 1 aromatic carbocycles. The highest BCUT2D eigenvalue weighted by Gasteiger charge is 2.33. The van der Waals surface area contributed by atoms with Gasteiger partial charge >= 0.3 is 6.18 Å². The number of aromatic nitrogens is 2. The van der Waals surface area contributed by atoms with E-state index >= 15 is 0 Å². The van der Waals surface area contributed by atoms with E-state index in [1.807, 2.05) is 0 Å². The zero-order valence-corrected chi connectivity index (χ0v) is 12.7. The Hall–Kier alpha value is -2.47. The summed E-state index contributed by atoms with van der Waals surface area (Å²) in [6.07, 6.45) is -3.53. The molecule has 0 aliphatic heterocycles. The van der Waals surface area contributed by atoms with E-state index in [1.54, 1.807) is 0 Å². The van der Waals surface area contributed by atoms with Gasteiger partial charge in [0.1, 0.15) is 0 Å². The van der Waals surface area contributed by atoms with Crippen LogP contribution in [0.15, 0.2) is 41.4 Å². The smallest absolute Gasteiger partial charge is 0.271 e. The summed E-state index contributed by atoms with van der Waals surface area (Å²) in [5.74, 6) is 0. The lowest BCUT2D eigenvalue weighted by molar-refractivity contribution is -0.387. The molecule has 0 bridgehead atoms. The molecule has 0 aliphatic carbocycles. The maximum atomic E-state index is 12.4. The molecule has 1 heterocycles. The van der Waals surface area contributed by atoms with Gasteiger partial charge in [-0.05, 0) is 12.1 Å². The number of para-hydroxylation sites is 1. The molecule has 8 nitrogen and oxygen atoms in total. The molecule has 130 valence electrons. The fraction of sp³-hybridized carbons (Fsp3) is 0.250. The second-order valence-electron chi connectivity index (χ2n) is 4.58. The van der Waals surface area contributed by atoms with Gasteiger partial charge in [-0.1, -0.05) is 12.1 Å². The highest BCUT2D eigenvalue weighted by Crippen LogP contribution is 2.27. The van der Waals surface area contributed by atoms with E-state index in [0.29, 0.717) is 0 Å². The van der Waals surface area contributed by atoms with Crippen molar-refractivity contribution in [2.75, 3.05) is 6.54 Å². The van der Waals surface area contributed by atoms with Crippen LogP contribution in [-0.4, -0.2) is 29.7 Å². The van der Waals surface area contributed by atoms with Crippen molar-refractivity contribution in [3.8, 4) is 0 Å². The standard InChI is InChI=1S/C12H11F3N4O4S/c13-12(14,15)11-5-7-18(17-11)8-6-16-24(22,23)10-4-2-1-3-9(10)19(20)21/h1-5,7,16H,6,8H2. The SMILES string of the molecule is O=[N+]([O-])c1ccccc1S(=O)(=O)NCCn1ccc(C(F)(F)F)n1. The van der Waals surface area contributed by atoms with Gasteiger partial charge in [0, 0.05) is 18.8 Å². The van der Waals surface area contributed by atoms with Crippen LogP contribution in [0, 0.1) is 10.1 Å². The van der Waals surface area contributed by atoms with E-state index in [-0.39, 0.29) is 13.1 Å². The molecule has 2 aromatic rings. The van der Waals surface area contributed by atoms with Crippen LogP contribution in [0.2, 0.25) is 0 Å². The fourth-order valence-electron chi connectivity index (χ4n) is 1.84. The molecular formula is C12H11F3N4O4S. The monoisotopic (exact) mass is 364 g/mol. The number of hydrogen-bond donors (Lipinski definition) is 1. The van der Waals surface area contributed by atoms with E-state index in [9.17, 15) is 31.7 Å². The van der Waals surface area contributed by atoms with Crippen LogP contribution >= 0.6 is 0 Å². The Morgan fingerprint density at radius 2 is 1.92 bits per heavy atom. The molecule has 0 aliphatic rings. The number of halogens is 3. The first-order valence-electron chi connectivity index (χ1n) is 6.45. The van der Waals surface area contributed by atoms with Crippen molar-refractivity contribution < 1.29 is 26.5 Å². The highest BCUT2D eigenvalue weighted by atomic mass is 32.2. The van der Waals surface area contributed by atoms with Crippen LogP contribution in [0.3, 0.4) is 0 Å². The number of nitrogens with one attached hydrogen (secondary N) is 1. The van der Waals surface area contributed by atoms with E-state index in [2.05, 4.69) is 9.82 Å². The number of nitrogens with zero attached hydrogens (tertiary/aromatic N) is 3. The van der Waals surface area contributed by atoms with Crippen LogP contribution in [0.25, 0.3) is 0 Å². The molecule has 0 unspecified atom stereocenters. The Kier molecular flexibility index (Phi) is 4.89. The van der Waals surface area contributed by atoms with Crippen LogP contribution in [0.4, 0.5) is 18.9 Å². The predicted molar refractivity (Wildman–Crippen MR) is 75.5 cm³/mol. The first-order chi connectivity index (χ1) is 11.1. The number of nitro groups is 1. The van der Waals surface area contributed by atoms with Gasteiger partial charge in [-0.15, -0.1) is 0 Å². The maximum Gasteiger partial charge on any atom is 0.435 e. The molecule has 0 spiro atoms. The van der Waals surface area contributed by atoms with E-state index in [0.717, 1.165) is 29.1 Å². The summed E-state index contributed by atoms with van der Waals surface area (Å²) in [6, 6.07) is 5.51. The first kappa shape index (κ1) is 17.9. The van der Waals surface area contributed by atoms with Gasteiger partial charge in [-0.25, -0.2) is 13.1 Å². The number of benzene rings is 1. The number of hydrogen-bond acceptors (Lipinski definition) is 5. The Morgan fingerprint density at radius 3 is 2.50 bits per heavy atom. The molecule has 1 aromatic heterocycles. The molecule has 0 saturated carbocycles. The van der Waals surface area contributed by atoms with Crippen LogP contribution in [0.5, 0.6) is 0 Å². The van der Waals surface area contributed by atoms with E-state index < -0.39 is 37.4 Å². The summed E-state index contributed by atoms with van der Waals surface area (Å²) in [5.41, 5.74) is -1.69. The number of alkyl halides is 3. The van der Waals surface area contributed by atoms with Gasteiger partial charge in [0.15, 0.2) is 10.6 Å². The summed E-state index contributed by atoms with van der Waals surface area (Å²) in [5, 5.41) is 14.1. The minimum atomic E-state index is -4.59. The summed E-state index contributed by atoms with van der Waals surface area (Å²) >= 11 is 0. The van der Waals surface area contributed by atoms with Crippen molar-refractivity contribution in [1.29, 1.82) is 0 Å². The van der Waals surface area contributed by atoms with Crippen LogP contribution < -0.4 is 4.72 Å². The van der Waals surface area contributed by atoms with Crippen molar-refractivity contribution in [2.45, 2.75) is 17.6 Å². The fourth-order valence-corrected chi connectivity index (χ4v) is 3.04. The van der Waals surface area contributed by atoms with Gasteiger partial charge < -0.3 is 0 Å². The molecule has 0 saturated heterocycles. The number of nitro benzene ring substituents is 1.